The van der Waals surface area contributed by atoms with E-state index >= 15 is 0 Å². The molecule has 1 heterocycles. The third-order valence-electron chi connectivity index (χ3n) is 3.60. The molecule has 1 amide bonds. The van der Waals surface area contributed by atoms with Gasteiger partial charge in [0.2, 0.25) is 15.9 Å². The molecule has 1 aromatic heterocycles. The van der Waals surface area contributed by atoms with E-state index in [0.29, 0.717) is 11.7 Å². The zero-order chi connectivity index (χ0) is 17.7. The van der Waals surface area contributed by atoms with Crippen LogP contribution in [0.2, 0.25) is 0 Å². The Morgan fingerprint density at radius 2 is 1.79 bits per heavy atom. The number of hydrogen-bond acceptors (Lipinski definition) is 4. The van der Waals surface area contributed by atoms with Crippen molar-refractivity contribution in [2.45, 2.75) is 44.2 Å². The van der Waals surface area contributed by atoms with Gasteiger partial charge in [-0.3, -0.25) is 4.79 Å². The number of sulfonamides is 1. The summed E-state index contributed by atoms with van der Waals surface area (Å²) < 4.78 is 32.2. The minimum Gasteiger partial charge on any atom is -0.467 e. The quantitative estimate of drug-likeness (QED) is 0.802. The van der Waals surface area contributed by atoms with Crippen LogP contribution < -0.4 is 10.0 Å². The number of carbonyl (C=O) groups is 1. The maximum Gasteiger partial charge on any atom is 0.241 e. The van der Waals surface area contributed by atoms with Crippen LogP contribution in [0, 0.1) is 0 Å². The predicted octanol–water partition coefficient (Wildman–Crippen LogP) is 2.39. The predicted molar refractivity (Wildman–Crippen MR) is 90.9 cm³/mol. The molecule has 0 bridgehead atoms. The molecule has 2 aromatic rings. The molecule has 0 aliphatic heterocycles. The fourth-order valence-corrected chi connectivity index (χ4v) is 3.33. The molecule has 0 saturated carbocycles. The highest BCUT2D eigenvalue weighted by atomic mass is 32.2. The number of nitrogens with one attached hydrogen (secondary N) is 2. The highest BCUT2D eigenvalue weighted by Gasteiger charge is 2.22. The summed E-state index contributed by atoms with van der Waals surface area (Å²) in [6.45, 7) is 5.78. The first-order valence-electron chi connectivity index (χ1n) is 7.72. The lowest BCUT2D eigenvalue weighted by Gasteiger charge is -2.14. The van der Waals surface area contributed by atoms with Crippen LogP contribution in [0.25, 0.3) is 0 Å². The first-order chi connectivity index (χ1) is 11.3. The molecule has 0 aliphatic carbocycles. The summed E-state index contributed by atoms with van der Waals surface area (Å²) in [5.41, 5.74) is 1.05. The molecule has 0 fully saturated rings. The van der Waals surface area contributed by atoms with E-state index in [4.69, 9.17) is 4.42 Å². The SMILES string of the molecule is CC(C)c1ccc(S(=O)(=O)N[C@@H](C)C(=O)NCc2ccco2)cc1. The summed E-state index contributed by atoms with van der Waals surface area (Å²) >= 11 is 0. The van der Waals surface area contributed by atoms with Crippen molar-refractivity contribution in [3.63, 3.8) is 0 Å². The maximum absolute atomic E-state index is 12.4. The largest absolute Gasteiger partial charge is 0.467 e. The number of benzene rings is 1. The number of amides is 1. The average Bonchev–Trinajstić information content (AvgIpc) is 3.05. The third kappa shape index (κ3) is 4.69. The van der Waals surface area contributed by atoms with E-state index in [1.54, 1.807) is 36.4 Å². The summed E-state index contributed by atoms with van der Waals surface area (Å²) in [6.07, 6.45) is 1.51. The summed E-state index contributed by atoms with van der Waals surface area (Å²) in [4.78, 5) is 12.1. The van der Waals surface area contributed by atoms with Crippen molar-refractivity contribution in [1.82, 2.24) is 10.0 Å². The second-order valence-electron chi connectivity index (χ2n) is 5.86. The number of rotatable bonds is 7. The topological polar surface area (TPSA) is 88.4 Å². The van der Waals surface area contributed by atoms with E-state index in [2.05, 4.69) is 10.0 Å². The molecule has 130 valence electrons. The van der Waals surface area contributed by atoms with E-state index in [0.717, 1.165) is 5.56 Å². The Labute approximate surface area is 142 Å². The van der Waals surface area contributed by atoms with E-state index in [1.165, 1.54) is 13.2 Å². The molecule has 1 atom stereocenters. The highest BCUT2D eigenvalue weighted by molar-refractivity contribution is 7.89. The molecule has 2 N–H and O–H groups in total. The van der Waals surface area contributed by atoms with Gasteiger partial charge in [-0.1, -0.05) is 26.0 Å². The summed E-state index contributed by atoms with van der Waals surface area (Å²) in [7, 11) is -3.75. The van der Waals surface area contributed by atoms with Crippen molar-refractivity contribution in [2.75, 3.05) is 0 Å². The summed E-state index contributed by atoms with van der Waals surface area (Å²) in [5.74, 6) is 0.498. The molecule has 24 heavy (non-hydrogen) atoms. The van der Waals surface area contributed by atoms with Crippen molar-refractivity contribution < 1.29 is 17.6 Å². The van der Waals surface area contributed by atoms with Crippen molar-refractivity contribution in [2.24, 2.45) is 0 Å². The fourth-order valence-electron chi connectivity index (χ4n) is 2.13. The zero-order valence-corrected chi connectivity index (χ0v) is 14.8. The van der Waals surface area contributed by atoms with Gasteiger partial charge < -0.3 is 9.73 Å². The molecule has 1 aromatic carbocycles. The molecule has 0 spiro atoms. The third-order valence-corrected chi connectivity index (χ3v) is 5.16. The van der Waals surface area contributed by atoms with E-state index in [9.17, 15) is 13.2 Å². The van der Waals surface area contributed by atoms with Crippen LogP contribution >= 0.6 is 0 Å². The second kappa shape index (κ2) is 7.63. The van der Waals surface area contributed by atoms with Gasteiger partial charge in [0.25, 0.3) is 0 Å². The van der Waals surface area contributed by atoms with Gasteiger partial charge in [-0.05, 0) is 42.7 Å². The Bertz CT molecular complexity index is 765. The van der Waals surface area contributed by atoms with Crippen molar-refractivity contribution in [1.29, 1.82) is 0 Å². The molecule has 0 saturated heterocycles. The Kier molecular flexibility index (Phi) is 5.80. The lowest BCUT2D eigenvalue weighted by Crippen LogP contribution is -2.44. The van der Waals surface area contributed by atoms with Gasteiger partial charge in [0.15, 0.2) is 0 Å². The molecule has 0 unspecified atom stereocenters. The lowest BCUT2D eigenvalue weighted by atomic mass is 10.0. The molecule has 7 heteroatoms. The van der Waals surface area contributed by atoms with Crippen LogP contribution in [-0.2, 0) is 21.4 Å². The smallest absolute Gasteiger partial charge is 0.241 e. The summed E-state index contributed by atoms with van der Waals surface area (Å²) in [5, 5.41) is 2.62. The minimum absolute atomic E-state index is 0.137. The lowest BCUT2D eigenvalue weighted by molar-refractivity contribution is -0.122. The minimum atomic E-state index is -3.75. The van der Waals surface area contributed by atoms with Crippen molar-refractivity contribution in [3.8, 4) is 0 Å². The standard InChI is InChI=1S/C17H22N2O4S/c1-12(2)14-6-8-16(9-7-14)24(21,22)19-13(3)17(20)18-11-15-5-4-10-23-15/h4-10,12-13,19H,11H2,1-3H3,(H,18,20)/t13-/m0/s1. The van der Waals surface area contributed by atoms with Crippen LogP contribution in [0.3, 0.4) is 0 Å². The molecule has 0 aliphatic rings. The second-order valence-corrected chi connectivity index (χ2v) is 7.58. The molecule has 6 nitrogen and oxygen atoms in total. The molecular weight excluding hydrogens is 328 g/mol. The maximum atomic E-state index is 12.4. The molecule has 0 radical (unpaired) electrons. The van der Waals surface area contributed by atoms with Gasteiger partial charge in [0.1, 0.15) is 5.76 Å². The van der Waals surface area contributed by atoms with Crippen molar-refractivity contribution >= 4 is 15.9 Å². The van der Waals surface area contributed by atoms with E-state index in [1.807, 2.05) is 13.8 Å². The Morgan fingerprint density at radius 3 is 2.33 bits per heavy atom. The van der Waals surface area contributed by atoms with Gasteiger partial charge >= 0.3 is 0 Å². The first kappa shape index (κ1) is 18.2. The highest BCUT2D eigenvalue weighted by Crippen LogP contribution is 2.17. The Balaban J connectivity index is 1.98. The Morgan fingerprint density at radius 1 is 1.12 bits per heavy atom. The zero-order valence-electron chi connectivity index (χ0n) is 13.9. The van der Waals surface area contributed by atoms with Crippen LogP contribution in [0.4, 0.5) is 0 Å². The average molecular weight is 350 g/mol. The fraction of sp³-hybridized carbons (Fsp3) is 0.353. The first-order valence-corrected chi connectivity index (χ1v) is 9.20. The monoisotopic (exact) mass is 350 g/mol. The van der Waals surface area contributed by atoms with Crippen LogP contribution in [0.5, 0.6) is 0 Å². The van der Waals surface area contributed by atoms with Gasteiger partial charge in [-0.2, -0.15) is 4.72 Å². The Hall–Kier alpha value is -2.12. The summed E-state index contributed by atoms with van der Waals surface area (Å²) in [6, 6.07) is 9.20. The number of furan rings is 1. The molecule has 2 rings (SSSR count). The van der Waals surface area contributed by atoms with Crippen LogP contribution in [0.15, 0.2) is 52.0 Å². The molecular formula is C17H22N2O4S. The normalized spacial score (nSPS) is 13.0. The number of hydrogen-bond donors (Lipinski definition) is 2. The van der Waals surface area contributed by atoms with Gasteiger partial charge in [0, 0.05) is 0 Å². The number of carbonyl (C=O) groups excluding carboxylic acids is 1. The van der Waals surface area contributed by atoms with Gasteiger partial charge in [0.05, 0.1) is 23.7 Å². The van der Waals surface area contributed by atoms with E-state index in [-0.39, 0.29) is 11.4 Å². The van der Waals surface area contributed by atoms with Crippen molar-refractivity contribution in [3.05, 3.63) is 54.0 Å². The van der Waals surface area contributed by atoms with Crippen LogP contribution in [0.1, 0.15) is 38.0 Å². The van der Waals surface area contributed by atoms with Gasteiger partial charge in [-0.25, -0.2) is 8.42 Å². The van der Waals surface area contributed by atoms with Gasteiger partial charge in [-0.15, -0.1) is 0 Å². The van der Waals surface area contributed by atoms with E-state index < -0.39 is 22.0 Å². The van der Waals surface area contributed by atoms with Crippen LogP contribution in [-0.4, -0.2) is 20.4 Å².